The molecule has 1 aliphatic carbocycles. The molecule has 1 saturated heterocycles. The lowest BCUT2D eigenvalue weighted by Gasteiger charge is -2.36. The summed E-state index contributed by atoms with van der Waals surface area (Å²) in [6.45, 7) is 8.50. The molecule has 1 aliphatic heterocycles. The van der Waals surface area contributed by atoms with Crippen LogP contribution in [-0.2, 0) is 4.79 Å². The van der Waals surface area contributed by atoms with E-state index in [9.17, 15) is 4.79 Å². The summed E-state index contributed by atoms with van der Waals surface area (Å²) in [5, 5.41) is 4.14. The average Bonchev–Trinajstić information content (AvgIpc) is 2.99. The summed E-state index contributed by atoms with van der Waals surface area (Å²) >= 11 is 1.34. The molecule has 0 bridgehead atoms. The third kappa shape index (κ3) is 4.16. The fourth-order valence-electron chi connectivity index (χ4n) is 3.69. The van der Waals surface area contributed by atoms with E-state index in [1.54, 1.807) is 0 Å². The minimum absolute atomic E-state index is 0.162. The Bertz CT molecular complexity index is 557. The van der Waals surface area contributed by atoms with Gasteiger partial charge in [0.15, 0.2) is 0 Å². The summed E-state index contributed by atoms with van der Waals surface area (Å²) in [4.78, 5) is 21.0. The van der Waals surface area contributed by atoms with E-state index in [1.807, 2.05) is 0 Å². The fraction of sp³-hybridized carbons (Fsp3) is 0.812. The third-order valence-corrected chi connectivity index (χ3v) is 6.29. The van der Waals surface area contributed by atoms with Gasteiger partial charge < -0.3 is 16.0 Å². The average molecular weight is 353 g/mol. The van der Waals surface area contributed by atoms with E-state index in [0.29, 0.717) is 30.4 Å². The molecule has 1 amide bonds. The second kappa shape index (κ2) is 7.65. The number of amides is 1. The molecule has 0 spiro atoms. The van der Waals surface area contributed by atoms with Crippen LogP contribution < -0.4 is 16.0 Å². The zero-order valence-electron chi connectivity index (χ0n) is 14.6. The SMILES string of the molecule is C[C@H]1[C@H](C)CCC[C@@H]1NC(=O)CN1CCN(c2nc(N)ns2)CC1. The van der Waals surface area contributed by atoms with Gasteiger partial charge in [-0.1, -0.05) is 26.7 Å². The lowest BCUT2D eigenvalue weighted by molar-refractivity contribution is -0.123. The van der Waals surface area contributed by atoms with Crippen LogP contribution >= 0.6 is 11.5 Å². The van der Waals surface area contributed by atoms with E-state index >= 15 is 0 Å². The lowest BCUT2D eigenvalue weighted by atomic mass is 9.78. The van der Waals surface area contributed by atoms with Crippen molar-refractivity contribution in [3.8, 4) is 0 Å². The molecule has 134 valence electrons. The Morgan fingerprint density at radius 3 is 2.71 bits per heavy atom. The predicted molar refractivity (Wildman–Crippen MR) is 97.1 cm³/mol. The zero-order valence-corrected chi connectivity index (χ0v) is 15.4. The van der Waals surface area contributed by atoms with E-state index in [2.05, 4.69) is 38.3 Å². The Labute approximate surface area is 147 Å². The van der Waals surface area contributed by atoms with Gasteiger partial charge in [-0.05, 0) is 18.3 Å². The Morgan fingerprint density at radius 2 is 2.04 bits per heavy atom. The number of aromatic nitrogens is 2. The van der Waals surface area contributed by atoms with Crippen LogP contribution in [0.5, 0.6) is 0 Å². The maximum atomic E-state index is 12.4. The van der Waals surface area contributed by atoms with E-state index in [-0.39, 0.29) is 5.91 Å². The van der Waals surface area contributed by atoms with E-state index in [4.69, 9.17) is 5.73 Å². The molecule has 1 aromatic rings. The molecule has 7 nitrogen and oxygen atoms in total. The van der Waals surface area contributed by atoms with Crippen LogP contribution in [0.3, 0.4) is 0 Å². The highest BCUT2D eigenvalue weighted by molar-refractivity contribution is 7.09. The van der Waals surface area contributed by atoms with Crippen LogP contribution in [0.15, 0.2) is 0 Å². The number of hydrogen-bond acceptors (Lipinski definition) is 7. The molecular weight excluding hydrogens is 324 g/mol. The highest BCUT2D eigenvalue weighted by Gasteiger charge is 2.29. The number of nitrogens with one attached hydrogen (secondary N) is 1. The van der Waals surface area contributed by atoms with Gasteiger partial charge >= 0.3 is 0 Å². The highest BCUT2D eigenvalue weighted by Crippen LogP contribution is 2.29. The maximum absolute atomic E-state index is 12.4. The molecule has 1 aromatic heterocycles. The number of rotatable bonds is 4. The number of nitrogens with two attached hydrogens (primary N) is 1. The van der Waals surface area contributed by atoms with Crippen molar-refractivity contribution < 1.29 is 4.79 Å². The zero-order chi connectivity index (χ0) is 17.1. The largest absolute Gasteiger partial charge is 0.367 e. The minimum Gasteiger partial charge on any atom is -0.367 e. The van der Waals surface area contributed by atoms with Gasteiger partial charge in [-0.25, -0.2) is 0 Å². The van der Waals surface area contributed by atoms with Crippen LogP contribution in [0.4, 0.5) is 11.1 Å². The van der Waals surface area contributed by atoms with Crippen molar-refractivity contribution in [1.29, 1.82) is 0 Å². The molecule has 2 aliphatic rings. The molecule has 1 saturated carbocycles. The van der Waals surface area contributed by atoms with Gasteiger partial charge in [-0.2, -0.15) is 9.36 Å². The van der Waals surface area contributed by atoms with Crippen LogP contribution in [0.1, 0.15) is 33.1 Å². The van der Waals surface area contributed by atoms with Gasteiger partial charge in [0.1, 0.15) is 0 Å². The van der Waals surface area contributed by atoms with Gasteiger partial charge in [-0.3, -0.25) is 9.69 Å². The van der Waals surface area contributed by atoms with Crippen LogP contribution in [-0.4, -0.2) is 58.9 Å². The summed E-state index contributed by atoms with van der Waals surface area (Å²) in [6.07, 6.45) is 3.62. The first-order chi connectivity index (χ1) is 11.5. The molecule has 24 heavy (non-hydrogen) atoms. The second-order valence-corrected chi connectivity index (χ2v) is 7.87. The Hall–Kier alpha value is -1.41. The summed E-state index contributed by atoms with van der Waals surface area (Å²) in [5.41, 5.74) is 5.59. The second-order valence-electron chi connectivity index (χ2n) is 7.14. The van der Waals surface area contributed by atoms with Crippen molar-refractivity contribution in [3.63, 3.8) is 0 Å². The van der Waals surface area contributed by atoms with Gasteiger partial charge in [0.2, 0.25) is 17.0 Å². The number of nitrogens with zero attached hydrogens (tertiary/aromatic N) is 4. The van der Waals surface area contributed by atoms with Crippen molar-refractivity contribution in [2.24, 2.45) is 11.8 Å². The monoisotopic (exact) mass is 352 g/mol. The van der Waals surface area contributed by atoms with Crippen LogP contribution in [0, 0.1) is 11.8 Å². The number of carbonyl (C=O) groups excluding carboxylic acids is 1. The molecule has 2 heterocycles. The lowest BCUT2D eigenvalue weighted by Crippen LogP contribution is -2.52. The Kier molecular flexibility index (Phi) is 5.55. The number of carbonyl (C=O) groups is 1. The van der Waals surface area contributed by atoms with Crippen LogP contribution in [0.25, 0.3) is 0 Å². The summed E-state index contributed by atoms with van der Waals surface area (Å²) in [7, 11) is 0. The van der Waals surface area contributed by atoms with E-state index < -0.39 is 0 Å². The van der Waals surface area contributed by atoms with Crippen molar-refractivity contribution in [1.82, 2.24) is 19.6 Å². The summed E-state index contributed by atoms with van der Waals surface area (Å²) in [5.74, 6) is 1.77. The van der Waals surface area contributed by atoms with Gasteiger partial charge in [0.05, 0.1) is 6.54 Å². The molecule has 3 rings (SSSR count). The van der Waals surface area contributed by atoms with Crippen molar-refractivity contribution >= 4 is 28.5 Å². The van der Waals surface area contributed by atoms with Crippen LogP contribution in [0.2, 0.25) is 0 Å². The molecule has 8 heteroatoms. The molecular formula is C16H28N6OS. The molecule has 0 unspecified atom stereocenters. The highest BCUT2D eigenvalue weighted by atomic mass is 32.1. The van der Waals surface area contributed by atoms with Crippen molar-refractivity contribution in [2.75, 3.05) is 43.4 Å². The minimum atomic E-state index is 0.162. The fourth-order valence-corrected chi connectivity index (χ4v) is 4.34. The number of nitrogen functional groups attached to an aromatic ring is 1. The van der Waals surface area contributed by atoms with E-state index in [1.165, 1.54) is 24.4 Å². The Balaban J connectivity index is 1.43. The van der Waals surface area contributed by atoms with Gasteiger partial charge in [0, 0.05) is 43.8 Å². The maximum Gasteiger partial charge on any atom is 0.234 e. The molecule has 0 radical (unpaired) electrons. The molecule has 3 N–H and O–H groups in total. The first kappa shape index (κ1) is 17.4. The summed E-state index contributed by atoms with van der Waals surface area (Å²) in [6, 6.07) is 0.340. The number of anilines is 2. The first-order valence-corrected chi connectivity index (χ1v) is 9.66. The third-order valence-electron chi connectivity index (χ3n) is 5.49. The molecule has 2 fully saturated rings. The Morgan fingerprint density at radius 1 is 1.29 bits per heavy atom. The first-order valence-electron chi connectivity index (χ1n) is 8.89. The quantitative estimate of drug-likeness (QED) is 0.846. The van der Waals surface area contributed by atoms with Gasteiger partial charge in [-0.15, -0.1) is 0 Å². The smallest absolute Gasteiger partial charge is 0.234 e. The van der Waals surface area contributed by atoms with Crippen molar-refractivity contribution in [3.05, 3.63) is 0 Å². The number of piperazine rings is 1. The molecule has 3 atom stereocenters. The molecule has 0 aromatic carbocycles. The topological polar surface area (TPSA) is 87.4 Å². The van der Waals surface area contributed by atoms with Crippen molar-refractivity contribution in [2.45, 2.75) is 39.2 Å². The standard InChI is InChI=1S/C16H28N6OS/c1-11-4-3-5-13(12(11)2)18-14(23)10-21-6-8-22(9-7-21)16-19-15(17)20-24-16/h11-13H,3-10H2,1-2H3,(H2,17,20)(H,18,23)/t11-,12+,13+/m1/s1. The normalized spacial score (nSPS) is 28.8. The predicted octanol–water partition coefficient (Wildman–Crippen LogP) is 1.18. The van der Waals surface area contributed by atoms with E-state index in [0.717, 1.165) is 37.7 Å². The number of hydrogen-bond donors (Lipinski definition) is 2. The van der Waals surface area contributed by atoms with Gasteiger partial charge in [0.25, 0.3) is 0 Å². The summed E-state index contributed by atoms with van der Waals surface area (Å²) < 4.78 is 4.03.